The molecule has 14 heavy (non-hydrogen) atoms. The molecule has 0 amide bonds. The number of hydrogen-bond donors (Lipinski definition) is 1. The Kier molecular flexibility index (Phi) is 2.90. The Morgan fingerprint density at radius 1 is 1.43 bits per heavy atom. The van der Waals surface area contributed by atoms with Crippen LogP contribution in [0.5, 0.6) is 0 Å². The zero-order valence-corrected chi connectivity index (χ0v) is 7.65. The minimum absolute atomic E-state index is 0.647. The van der Waals surface area contributed by atoms with E-state index in [2.05, 4.69) is 11.8 Å². The van der Waals surface area contributed by atoms with Gasteiger partial charge in [0.2, 0.25) is 0 Å². The highest BCUT2D eigenvalue weighted by Crippen LogP contribution is 2.01. The number of aliphatic hydroxyl groups is 1. The van der Waals surface area contributed by atoms with Gasteiger partial charge in [0.05, 0.1) is 5.97 Å². The predicted octanol–water partition coefficient (Wildman–Crippen LogP) is -0.461. The molecular weight excluding hydrogens is 180 g/mol. The number of carboxylic acids is 1. The van der Waals surface area contributed by atoms with Crippen molar-refractivity contribution >= 4 is 5.97 Å². The van der Waals surface area contributed by atoms with Gasteiger partial charge in [0.25, 0.3) is 0 Å². The lowest BCUT2D eigenvalue weighted by molar-refractivity contribution is -0.319. The van der Waals surface area contributed by atoms with Gasteiger partial charge in [-0.3, -0.25) is 0 Å². The second-order valence-corrected chi connectivity index (χ2v) is 2.98. The topological polar surface area (TPSA) is 60.4 Å². The van der Waals surface area contributed by atoms with E-state index in [1.54, 1.807) is 24.3 Å². The summed E-state index contributed by atoms with van der Waals surface area (Å²) >= 11 is 0. The van der Waals surface area contributed by atoms with Gasteiger partial charge < -0.3 is 15.0 Å². The summed E-state index contributed by atoms with van der Waals surface area (Å²) in [7, 11) is 0. The maximum Gasteiger partial charge on any atom is 0.162 e. The Morgan fingerprint density at radius 2 is 2.00 bits per heavy atom. The third kappa shape index (κ3) is 2.61. The minimum atomic E-state index is -2.10. The van der Waals surface area contributed by atoms with E-state index in [9.17, 15) is 15.0 Å². The highest BCUT2D eigenvalue weighted by atomic mass is 16.4. The Balaban J connectivity index is 2.89. The van der Waals surface area contributed by atoms with E-state index in [1.165, 1.54) is 0 Å². The number of carboxylic acid groups (broad SMARTS) is 1. The average Bonchev–Trinajstić information content (AvgIpc) is 2.16. The second-order valence-electron chi connectivity index (χ2n) is 2.98. The summed E-state index contributed by atoms with van der Waals surface area (Å²) in [5.74, 6) is 3.17. The van der Waals surface area contributed by atoms with Crippen molar-refractivity contribution in [2.24, 2.45) is 0 Å². The van der Waals surface area contributed by atoms with Gasteiger partial charge in [-0.15, -0.1) is 0 Å². The van der Waals surface area contributed by atoms with Gasteiger partial charge in [-0.1, -0.05) is 30.0 Å². The van der Waals surface area contributed by atoms with Gasteiger partial charge in [-0.05, 0) is 19.1 Å². The molecule has 0 spiro atoms. The van der Waals surface area contributed by atoms with Gasteiger partial charge in [0.1, 0.15) is 0 Å². The van der Waals surface area contributed by atoms with Crippen LogP contribution in [-0.2, 0) is 4.79 Å². The molecular formula is C11H9O3-. The quantitative estimate of drug-likeness (QED) is 0.608. The van der Waals surface area contributed by atoms with Crippen LogP contribution in [0.2, 0.25) is 0 Å². The van der Waals surface area contributed by atoms with Crippen LogP contribution in [0.1, 0.15) is 12.5 Å². The smallest absolute Gasteiger partial charge is 0.162 e. The lowest BCUT2D eigenvalue weighted by Gasteiger charge is -2.16. The molecule has 1 N–H and O–H groups in total. The molecule has 0 aromatic heterocycles. The molecule has 0 saturated heterocycles. The Labute approximate surface area is 82.0 Å². The zero-order valence-electron chi connectivity index (χ0n) is 7.65. The van der Waals surface area contributed by atoms with Crippen molar-refractivity contribution in [1.82, 2.24) is 0 Å². The van der Waals surface area contributed by atoms with Crippen molar-refractivity contribution in [2.45, 2.75) is 12.5 Å². The summed E-state index contributed by atoms with van der Waals surface area (Å²) in [4.78, 5) is 10.4. The molecule has 0 aliphatic carbocycles. The highest BCUT2D eigenvalue weighted by molar-refractivity contribution is 5.79. The van der Waals surface area contributed by atoms with Crippen molar-refractivity contribution in [3.05, 3.63) is 35.9 Å². The van der Waals surface area contributed by atoms with Crippen LogP contribution in [0.3, 0.4) is 0 Å². The van der Waals surface area contributed by atoms with Crippen LogP contribution in [-0.4, -0.2) is 16.7 Å². The largest absolute Gasteiger partial charge is 0.546 e. The van der Waals surface area contributed by atoms with E-state index < -0.39 is 11.6 Å². The maximum atomic E-state index is 10.4. The summed E-state index contributed by atoms with van der Waals surface area (Å²) in [5.41, 5.74) is -1.45. The lowest BCUT2D eigenvalue weighted by Crippen LogP contribution is -2.44. The lowest BCUT2D eigenvalue weighted by atomic mass is 10.1. The summed E-state index contributed by atoms with van der Waals surface area (Å²) < 4.78 is 0. The number of aliphatic carboxylic acids is 1. The first kappa shape index (κ1) is 10.3. The summed E-state index contributed by atoms with van der Waals surface area (Å²) in [6.45, 7) is 1.08. The fourth-order valence-corrected chi connectivity index (χ4v) is 0.766. The zero-order chi connectivity index (χ0) is 10.6. The fourth-order valence-electron chi connectivity index (χ4n) is 0.766. The van der Waals surface area contributed by atoms with Crippen molar-refractivity contribution in [3.8, 4) is 11.8 Å². The average molecular weight is 189 g/mol. The molecule has 0 heterocycles. The molecule has 1 atom stereocenters. The second kappa shape index (κ2) is 3.95. The molecule has 1 aromatic rings. The number of rotatable bonds is 1. The van der Waals surface area contributed by atoms with Gasteiger partial charge in [0.15, 0.2) is 5.60 Å². The summed E-state index contributed by atoms with van der Waals surface area (Å²) in [6.07, 6.45) is 0. The van der Waals surface area contributed by atoms with E-state index in [4.69, 9.17) is 0 Å². The number of carbonyl (C=O) groups excluding carboxylic acids is 1. The Hall–Kier alpha value is -1.79. The van der Waals surface area contributed by atoms with Crippen molar-refractivity contribution < 1.29 is 15.0 Å². The van der Waals surface area contributed by atoms with Crippen LogP contribution in [0.4, 0.5) is 0 Å². The molecule has 1 unspecified atom stereocenters. The number of hydrogen-bond acceptors (Lipinski definition) is 3. The predicted molar refractivity (Wildman–Crippen MR) is 49.0 cm³/mol. The van der Waals surface area contributed by atoms with E-state index in [0.29, 0.717) is 5.56 Å². The maximum absolute atomic E-state index is 10.4. The highest BCUT2D eigenvalue weighted by Gasteiger charge is 2.17. The first-order valence-corrected chi connectivity index (χ1v) is 4.04. The molecule has 1 rings (SSSR count). The number of benzene rings is 1. The molecule has 0 fully saturated rings. The molecule has 3 nitrogen and oxygen atoms in total. The van der Waals surface area contributed by atoms with Crippen LogP contribution in [0.15, 0.2) is 30.3 Å². The molecule has 3 heteroatoms. The van der Waals surface area contributed by atoms with Crippen molar-refractivity contribution in [3.63, 3.8) is 0 Å². The van der Waals surface area contributed by atoms with Gasteiger partial charge in [-0.2, -0.15) is 0 Å². The number of carbonyl (C=O) groups is 1. The normalized spacial score (nSPS) is 13.6. The Morgan fingerprint density at radius 3 is 2.50 bits per heavy atom. The molecule has 0 radical (unpaired) electrons. The summed E-state index contributed by atoms with van der Waals surface area (Å²) in [5, 5.41) is 19.6. The third-order valence-electron chi connectivity index (χ3n) is 1.62. The fraction of sp³-hybridized carbons (Fsp3) is 0.182. The molecule has 0 aliphatic rings. The molecule has 0 saturated carbocycles. The first-order chi connectivity index (χ1) is 6.52. The van der Waals surface area contributed by atoms with Gasteiger partial charge in [0, 0.05) is 5.56 Å². The molecule has 0 bridgehead atoms. The van der Waals surface area contributed by atoms with E-state index in [0.717, 1.165) is 6.92 Å². The van der Waals surface area contributed by atoms with Crippen molar-refractivity contribution in [2.75, 3.05) is 0 Å². The van der Waals surface area contributed by atoms with Gasteiger partial charge >= 0.3 is 0 Å². The van der Waals surface area contributed by atoms with Crippen LogP contribution in [0, 0.1) is 11.8 Å². The monoisotopic (exact) mass is 189 g/mol. The molecule has 1 aromatic carbocycles. The van der Waals surface area contributed by atoms with Crippen LogP contribution in [0.25, 0.3) is 0 Å². The summed E-state index contributed by atoms with van der Waals surface area (Å²) in [6, 6.07) is 8.81. The van der Waals surface area contributed by atoms with Crippen LogP contribution >= 0.6 is 0 Å². The minimum Gasteiger partial charge on any atom is -0.546 e. The van der Waals surface area contributed by atoms with E-state index in [-0.39, 0.29) is 0 Å². The van der Waals surface area contributed by atoms with Crippen LogP contribution < -0.4 is 5.11 Å². The SMILES string of the molecule is CC(O)(C#Cc1ccccc1)C(=O)[O-]. The standard InChI is InChI=1S/C11H10O3/c1-11(14,10(12)13)8-7-9-5-3-2-4-6-9/h2-6,14H,1H3,(H,12,13)/p-1. The first-order valence-electron chi connectivity index (χ1n) is 4.04. The van der Waals surface area contributed by atoms with E-state index >= 15 is 0 Å². The molecule has 72 valence electrons. The van der Waals surface area contributed by atoms with Crippen molar-refractivity contribution in [1.29, 1.82) is 0 Å². The third-order valence-corrected chi connectivity index (χ3v) is 1.62. The Bertz CT molecular complexity index is 382. The molecule has 0 aliphatic heterocycles. The van der Waals surface area contributed by atoms with Gasteiger partial charge in [-0.25, -0.2) is 0 Å². The van der Waals surface area contributed by atoms with E-state index in [1.807, 2.05) is 6.07 Å².